The Morgan fingerprint density at radius 2 is 2.04 bits per heavy atom. The van der Waals surface area contributed by atoms with Crippen molar-refractivity contribution < 1.29 is 14.7 Å². The number of benzene rings is 1. The monoisotopic (exact) mass is 317 g/mol. The van der Waals surface area contributed by atoms with Crippen LogP contribution in [-0.2, 0) is 4.79 Å². The Labute approximate surface area is 132 Å². The van der Waals surface area contributed by atoms with Gasteiger partial charge in [-0.3, -0.25) is 9.79 Å². The number of hydrogen-bond acceptors (Lipinski definition) is 3. The number of guanidine groups is 1. The second kappa shape index (κ2) is 7.30. The van der Waals surface area contributed by atoms with E-state index in [1.54, 1.807) is 12.3 Å². The number of nitrogens with one attached hydrogen (secondary N) is 2. The van der Waals surface area contributed by atoms with E-state index in [0.717, 1.165) is 10.9 Å². The number of carbonyl (C=O) groups is 2. The lowest BCUT2D eigenvalue weighted by molar-refractivity contribution is -0.139. The zero-order valence-corrected chi connectivity index (χ0v) is 12.5. The molecule has 0 aliphatic rings. The first-order chi connectivity index (χ1) is 11.0. The summed E-state index contributed by atoms with van der Waals surface area (Å²) in [6, 6.07) is 6.32. The number of aliphatic carboxylic acids is 1. The van der Waals surface area contributed by atoms with E-state index >= 15 is 0 Å². The van der Waals surface area contributed by atoms with Gasteiger partial charge in [0.2, 0.25) is 0 Å². The number of nitrogens with two attached hydrogens (primary N) is 2. The molecule has 8 heteroatoms. The van der Waals surface area contributed by atoms with Crippen molar-refractivity contribution in [1.29, 1.82) is 0 Å². The van der Waals surface area contributed by atoms with Gasteiger partial charge in [-0.25, -0.2) is 4.79 Å². The summed E-state index contributed by atoms with van der Waals surface area (Å²) in [5.74, 6) is -1.57. The van der Waals surface area contributed by atoms with E-state index in [1.165, 1.54) is 0 Å². The first-order valence-corrected chi connectivity index (χ1v) is 7.14. The van der Waals surface area contributed by atoms with Crippen LogP contribution in [0.1, 0.15) is 23.2 Å². The first kappa shape index (κ1) is 16.3. The average molecular weight is 317 g/mol. The van der Waals surface area contributed by atoms with E-state index < -0.39 is 17.9 Å². The van der Waals surface area contributed by atoms with Gasteiger partial charge in [-0.1, -0.05) is 18.2 Å². The molecular formula is C15H19N5O3. The number of rotatable bonds is 7. The molecule has 1 aromatic carbocycles. The van der Waals surface area contributed by atoms with E-state index in [-0.39, 0.29) is 12.4 Å². The molecule has 7 N–H and O–H groups in total. The topological polar surface area (TPSA) is 147 Å². The third-order valence-electron chi connectivity index (χ3n) is 3.38. The largest absolute Gasteiger partial charge is 0.480 e. The minimum absolute atomic E-state index is 0.0419. The lowest BCUT2D eigenvalue weighted by atomic mass is 10.1. The van der Waals surface area contributed by atoms with Gasteiger partial charge in [-0.05, 0) is 18.9 Å². The molecule has 0 spiro atoms. The minimum Gasteiger partial charge on any atom is -0.480 e. The number of hydrogen-bond donors (Lipinski definition) is 5. The molecule has 0 fully saturated rings. The van der Waals surface area contributed by atoms with Crippen LogP contribution in [0.4, 0.5) is 0 Å². The molecule has 0 saturated carbocycles. The van der Waals surface area contributed by atoms with Crippen molar-refractivity contribution in [2.45, 2.75) is 18.9 Å². The second-order valence-electron chi connectivity index (χ2n) is 5.06. The maximum Gasteiger partial charge on any atom is 0.326 e. The zero-order valence-electron chi connectivity index (χ0n) is 12.5. The van der Waals surface area contributed by atoms with E-state index in [0.29, 0.717) is 18.5 Å². The Morgan fingerprint density at radius 3 is 2.74 bits per heavy atom. The number of aromatic nitrogens is 1. The summed E-state index contributed by atoms with van der Waals surface area (Å²) in [5.41, 5.74) is 11.6. The van der Waals surface area contributed by atoms with Gasteiger partial charge in [0.25, 0.3) is 5.91 Å². The summed E-state index contributed by atoms with van der Waals surface area (Å²) < 4.78 is 0. The van der Waals surface area contributed by atoms with E-state index in [1.807, 2.05) is 18.2 Å². The average Bonchev–Trinajstić information content (AvgIpc) is 2.93. The molecule has 0 saturated heterocycles. The summed E-state index contributed by atoms with van der Waals surface area (Å²) in [5, 5.41) is 12.5. The van der Waals surface area contributed by atoms with E-state index in [2.05, 4.69) is 15.3 Å². The lowest BCUT2D eigenvalue weighted by Crippen LogP contribution is -2.40. The number of nitrogens with zero attached hydrogens (tertiary/aromatic N) is 1. The number of aliphatic imine (C=N–C) groups is 1. The van der Waals surface area contributed by atoms with Crippen molar-refractivity contribution in [3.05, 3.63) is 36.0 Å². The Bertz CT molecular complexity index is 734. The Kier molecular flexibility index (Phi) is 5.19. The maximum atomic E-state index is 12.3. The highest BCUT2D eigenvalue weighted by molar-refractivity contribution is 6.07. The van der Waals surface area contributed by atoms with E-state index in [9.17, 15) is 14.7 Å². The van der Waals surface area contributed by atoms with Crippen molar-refractivity contribution in [3.8, 4) is 0 Å². The molecule has 2 rings (SSSR count). The molecule has 0 aliphatic carbocycles. The van der Waals surface area contributed by atoms with Crippen LogP contribution in [0.15, 0.2) is 35.5 Å². The molecule has 1 aromatic heterocycles. The molecule has 122 valence electrons. The van der Waals surface area contributed by atoms with Crippen LogP contribution < -0.4 is 16.8 Å². The molecule has 8 nitrogen and oxygen atoms in total. The predicted octanol–water partition coefficient (Wildman–Crippen LogP) is 0.405. The van der Waals surface area contributed by atoms with Crippen molar-refractivity contribution in [2.24, 2.45) is 16.5 Å². The van der Waals surface area contributed by atoms with Crippen molar-refractivity contribution >= 4 is 28.7 Å². The number of carboxylic acid groups (broad SMARTS) is 1. The SMILES string of the molecule is NC(N)=NCCC[C@@H](NC(=O)c1c[nH]c2ccccc12)C(=O)O. The summed E-state index contributed by atoms with van der Waals surface area (Å²) in [7, 11) is 0. The first-order valence-electron chi connectivity index (χ1n) is 7.14. The summed E-state index contributed by atoms with van der Waals surface area (Å²) >= 11 is 0. The number of fused-ring (bicyclic) bond motifs is 1. The fraction of sp³-hybridized carbons (Fsp3) is 0.267. The Morgan fingerprint density at radius 1 is 1.30 bits per heavy atom. The van der Waals surface area contributed by atoms with Crippen LogP contribution in [0, 0.1) is 0 Å². The third kappa shape index (κ3) is 4.22. The van der Waals surface area contributed by atoms with Gasteiger partial charge in [0.05, 0.1) is 5.56 Å². The lowest BCUT2D eigenvalue weighted by Gasteiger charge is -2.13. The maximum absolute atomic E-state index is 12.3. The molecule has 0 unspecified atom stereocenters. The van der Waals surface area contributed by atoms with Crippen molar-refractivity contribution in [1.82, 2.24) is 10.3 Å². The molecule has 1 amide bonds. The molecule has 0 bridgehead atoms. The highest BCUT2D eigenvalue weighted by Gasteiger charge is 2.21. The van der Waals surface area contributed by atoms with Gasteiger partial charge in [0.1, 0.15) is 6.04 Å². The van der Waals surface area contributed by atoms with Crippen LogP contribution in [-0.4, -0.2) is 40.5 Å². The summed E-state index contributed by atoms with van der Waals surface area (Å²) in [6.45, 7) is 0.315. The van der Waals surface area contributed by atoms with Gasteiger partial charge >= 0.3 is 5.97 Å². The fourth-order valence-electron chi connectivity index (χ4n) is 2.26. The molecule has 0 radical (unpaired) electrons. The molecule has 1 heterocycles. The molecule has 1 atom stereocenters. The van der Waals surface area contributed by atoms with Crippen LogP contribution in [0.5, 0.6) is 0 Å². The van der Waals surface area contributed by atoms with Gasteiger partial charge in [-0.2, -0.15) is 0 Å². The van der Waals surface area contributed by atoms with E-state index in [4.69, 9.17) is 11.5 Å². The molecule has 0 aliphatic heterocycles. The number of carboxylic acids is 1. The van der Waals surface area contributed by atoms with Crippen LogP contribution >= 0.6 is 0 Å². The molecule has 2 aromatic rings. The number of para-hydroxylation sites is 1. The van der Waals surface area contributed by atoms with Crippen LogP contribution in [0.25, 0.3) is 10.9 Å². The number of amides is 1. The van der Waals surface area contributed by atoms with Crippen molar-refractivity contribution in [2.75, 3.05) is 6.54 Å². The Hall–Kier alpha value is -3.03. The third-order valence-corrected chi connectivity index (χ3v) is 3.38. The molecule has 23 heavy (non-hydrogen) atoms. The van der Waals surface area contributed by atoms with Crippen LogP contribution in [0.3, 0.4) is 0 Å². The number of carbonyl (C=O) groups excluding carboxylic acids is 1. The predicted molar refractivity (Wildman–Crippen MR) is 87.1 cm³/mol. The second-order valence-corrected chi connectivity index (χ2v) is 5.06. The minimum atomic E-state index is -1.09. The summed E-state index contributed by atoms with van der Waals surface area (Å²) in [6.07, 6.45) is 2.25. The number of aromatic amines is 1. The highest BCUT2D eigenvalue weighted by atomic mass is 16.4. The van der Waals surface area contributed by atoms with Gasteiger partial charge < -0.3 is 26.9 Å². The fourth-order valence-corrected chi connectivity index (χ4v) is 2.26. The molecular weight excluding hydrogens is 298 g/mol. The van der Waals surface area contributed by atoms with Gasteiger partial charge in [-0.15, -0.1) is 0 Å². The Balaban J connectivity index is 2.03. The highest BCUT2D eigenvalue weighted by Crippen LogP contribution is 2.17. The van der Waals surface area contributed by atoms with Gasteiger partial charge in [0, 0.05) is 23.6 Å². The summed E-state index contributed by atoms with van der Waals surface area (Å²) in [4.78, 5) is 30.4. The standard InChI is InChI=1S/C15H19N5O3/c16-15(17)18-7-3-6-12(14(22)23)20-13(21)10-8-19-11-5-2-1-4-9(10)11/h1-2,4-5,8,12,19H,3,6-7H2,(H,20,21)(H,22,23)(H4,16,17,18)/t12-/m1/s1. The smallest absolute Gasteiger partial charge is 0.326 e. The van der Waals surface area contributed by atoms with Crippen LogP contribution in [0.2, 0.25) is 0 Å². The number of H-pyrrole nitrogens is 1. The zero-order chi connectivity index (χ0) is 16.8. The quantitative estimate of drug-likeness (QED) is 0.285. The normalized spacial score (nSPS) is 11.8. The van der Waals surface area contributed by atoms with Gasteiger partial charge in [0.15, 0.2) is 5.96 Å². The van der Waals surface area contributed by atoms with Crippen molar-refractivity contribution in [3.63, 3.8) is 0 Å².